The third-order valence-electron chi connectivity index (χ3n) is 2.92. The molecule has 0 aliphatic carbocycles. The van der Waals surface area contributed by atoms with Crippen molar-refractivity contribution >= 4 is 17.9 Å². The quantitative estimate of drug-likeness (QED) is 0.638. The summed E-state index contributed by atoms with van der Waals surface area (Å²) in [6, 6.07) is -1.58. The molecule has 1 unspecified atom stereocenters. The predicted octanol–water partition coefficient (Wildman–Crippen LogP) is -1.14. The number of nitrogens with one attached hydrogen (secondary N) is 2. The van der Waals surface area contributed by atoms with Gasteiger partial charge in [0.05, 0.1) is 13.0 Å². The summed E-state index contributed by atoms with van der Waals surface area (Å²) in [5.74, 6) is -0.952. The smallest absolute Gasteiger partial charge is 0.318 e. The number of aromatic nitrogens is 2. The maximum Gasteiger partial charge on any atom is 0.318 e. The summed E-state index contributed by atoms with van der Waals surface area (Å²) in [4.78, 5) is 39.7. The fourth-order valence-electron chi connectivity index (χ4n) is 1.99. The largest absolute Gasteiger partial charge is 0.481 e. The van der Waals surface area contributed by atoms with Crippen LogP contribution in [0.3, 0.4) is 0 Å². The average Bonchev–Trinajstić information content (AvgIpc) is 2.84. The molecule has 2 rings (SSSR count). The van der Waals surface area contributed by atoms with E-state index >= 15 is 0 Å². The lowest BCUT2D eigenvalue weighted by Crippen LogP contribution is -2.59. The van der Waals surface area contributed by atoms with Crippen LogP contribution in [-0.4, -0.2) is 57.2 Å². The third kappa shape index (κ3) is 3.68. The zero-order chi connectivity index (χ0) is 15.4. The summed E-state index contributed by atoms with van der Waals surface area (Å²) >= 11 is 0. The highest BCUT2D eigenvalue weighted by molar-refractivity contribution is 5.91. The van der Waals surface area contributed by atoms with E-state index in [2.05, 4.69) is 20.8 Å². The van der Waals surface area contributed by atoms with Gasteiger partial charge < -0.3 is 25.2 Å². The number of rotatable bonds is 4. The Bertz CT molecular complexity index is 557. The molecule has 1 aliphatic heterocycles. The Labute approximate surface area is 119 Å². The Balaban J connectivity index is 1.98. The predicted molar refractivity (Wildman–Crippen MR) is 67.0 cm³/mol. The van der Waals surface area contributed by atoms with Crippen LogP contribution in [0.2, 0.25) is 0 Å². The molecule has 1 aliphatic rings. The third-order valence-corrected chi connectivity index (χ3v) is 2.92. The summed E-state index contributed by atoms with van der Waals surface area (Å²) in [6.45, 7) is 2.17. The average molecular weight is 297 g/mol. The summed E-state index contributed by atoms with van der Waals surface area (Å²) in [5, 5.41) is 17.5. The van der Waals surface area contributed by atoms with Crippen molar-refractivity contribution in [2.75, 3.05) is 13.1 Å². The molecule has 1 atom stereocenters. The van der Waals surface area contributed by atoms with E-state index < -0.39 is 30.4 Å². The minimum atomic E-state index is -1.15. The zero-order valence-corrected chi connectivity index (χ0v) is 11.3. The van der Waals surface area contributed by atoms with Gasteiger partial charge in [-0.25, -0.2) is 4.79 Å². The summed E-state index contributed by atoms with van der Waals surface area (Å²) in [6.07, 6.45) is -0.446. The lowest BCUT2D eigenvalue weighted by Gasteiger charge is -2.34. The van der Waals surface area contributed by atoms with Crippen LogP contribution in [0.15, 0.2) is 4.52 Å². The van der Waals surface area contributed by atoms with Crippen LogP contribution in [0.4, 0.5) is 4.79 Å². The molecule has 2 heterocycles. The molecule has 10 heteroatoms. The number of piperazine rings is 1. The van der Waals surface area contributed by atoms with Crippen molar-refractivity contribution in [2.24, 2.45) is 0 Å². The molecule has 1 aromatic rings. The molecule has 1 saturated heterocycles. The Morgan fingerprint density at radius 3 is 2.95 bits per heavy atom. The molecule has 1 fully saturated rings. The van der Waals surface area contributed by atoms with Gasteiger partial charge >= 0.3 is 12.0 Å². The number of carboxylic acids is 1. The van der Waals surface area contributed by atoms with Crippen molar-refractivity contribution in [3.8, 4) is 0 Å². The van der Waals surface area contributed by atoms with E-state index in [9.17, 15) is 14.4 Å². The van der Waals surface area contributed by atoms with Crippen molar-refractivity contribution in [2.45, 2.75) is 25.9 Å². The maximum atomic E-state index is 12.1. The monoisotopic (exact) mass is 297 g/mol. The topological polar surface area (TPSA) is 138 Å². The van der Waals surface area contributed by atoms with E-state index in [1.54, 1.807) is 6.92 Å². The molecule has 0 spiro atoms. The van der Waals surface area contributed by atoms with Gasteiger partial charge in [-0.2, -0.15) is 4.98 Å². The van der Waals surface area contributed by atoms with E-state index in [-0.39, 0.29) is 25.5 Å². The lowest BCUT2D eigenvalue weighted by atomic mass is 10.1. The van der Waals surface area contributed by atoms with Crippen molar-refractivity contribution in [1.82, 2.24) is 25.7 Å². The molecular weight excluding hydrogens is 282 g/mol. The van der Waals surface area contributed by atoms with Gasteiger partial charge in [-0.15, -0.1) is 0 Å². The number of carboxylic acid groups (broad SMARTS) is 1. The van der Waals surface area contributed by atoms with Gasteiger partial charge in [0.1, 0.15) is 6.04 Å². The van der Waals surface area contributed by atoms with Gasteiger partial charge in [-0.3, -0.25) is 9.59 Å². The van der Waals surface area contributed by atoms with Crippen molar-refractivity contribution in [3.63, 3.8) is 0 Å². The number of hydrogen-bond acceptors (Lipinski definition) is 6. The minimum Gasteiger partial charge on any atom is -0.481 e. The van der Waals surface area contributed by atoms with Crippen LogP contribution in [0.25, 0.3) is 0 Å². The number of carbonyl (C=O) groups is 3. The number of amides is 3. The molecule has 21 heavy (non-hydrogen) atoms. The first-order valence-corrected chi connectivity index (χ1v) is 6.30. The first-order valence-electron chi connectivity index (χ1n) is 6.30. The van der Waals surface area contributed by atoms with E-state index in [1.807, 2.05) is 0 Å². The standard InChI is InChI=1S/C11H15N5O5/c1-6-14-8(21-15-6)5-13-11(20)16-3-2-12-10(19)7(16)4-9(17)18/h7H,2-5H2,1H3,(H,12,19)(H,13,20)(H,17,18). The Morgan fingerprint density at radius 2 is 2.33 bits per heavy atom. The molecule has 114 valence electrons. The molecule has 1 aromatic heterocycles. The number of aryl methyl sites for hydroxylation is 1. The first-order chi connectivity index (χ1) is 9.97. The fourth-order valence-corrected chi connectivity index (χ4v) is 1.99. The van der Waals surface area contributed by atoms with E-state index in [0.29, 0.717) is 5.82 Å². The van der Waals surface area contributed by atoms with Crippen LogP contribution in [0.1, 0.15) is 18.1 Å². The SMILES string of the molecule is Cc1noc(CNC(=O)N2CCNC(=O)C2CC(=O)O)n1. The summed E-state index contributed by atoms with van der Waals surface area (Å²) < 4.78 is 4.85. The van der Waals surface area contributed by atoms with Crippen molar-refractivity contribution < 1.29 is 24.0 Å². The van der Waals surface area contributed by atoms with Crippen molar-refractivity contribution in [1.29, 1.82) is 0 Å². The molecule has 10 nitrogen and oxygen atoms in total. The molecule has 0 aromatic carbocycles. The van der Waals surface area contributed by atoms with Gasteiger partial charge in [-0.1, -0.05) is 5.16 Å². The molecule has 0 radical (unpaired) electrons. The second-order valence-corrected chi connectivity index (χ2v) is 4.49. The Kier molecular flexibility index (Phi) is 4.36. The first kappa shape index (κ1) is 14.8. The van der Waals surface area contributed by atoms with Gasteiger partial charge in [0.25, 0.3) is 0 Å². The molecule has 0 bridgehead atoms. The number of hydrogen-bond donors (Lipinski definition) is 3. The van der Waals surface area contributed by atoms with Crippen LogP contribution in [0.5, 0.6) is 0 Å². The van der Waals surface area contributed by atoms with Gasteiger partial charge in [0.15, 0.2) is 5.82 Å². The minimum absolute atomic E-state index is 0.0115. The summed E-state index contributed by atoms with van der Waals surface area (Å²) in [5.41, 5.74) is 0. The molecule has 0 saturated carbocycles. The number of aliphatic carboxylic acids is 1. The maximum absolute atomic E-state index is 12.1. The van der Waals surface area contributed by atoms with Gasteiger partial charge in [-0.05, 0) is 6.92 Å². The highest BCUT2D eigenvalue weighted by Crippen LogP contribution is 2.09. The van der Waals surface area contributed by atoms with E-state index in [4.69, 9.17) is 9.63 Å². The fraction of sp³-hybridized carbons (Fsp3) is 0.545. The van der Waals surface area contributed by atoms with E-state index in [1.165, 1.54) is 4.90 Å². The highest BCUT2D eigenvalue weighted by Gasteiger charge is 2.34. The summed E-state index contributed by atoms with van der Waals surface area (Å²) in [7, 11) is 0. The molecule has 3 N–H and O–H groups in total. The van der Waals surface area contributed by atoms with Crippen LogP contribution < -0.4 is 10.6 Å². The zero-order valence-electron chi connectivity index (χ0n) is 11.3. The van der Waals surface area contributed by atoms with E-state index in [0.717, 1.165) is 0 Å². The lowest BCUT2D eigenvalue weighted by molar-refractivity contribution is -0.142. The van der Waals surface area contributed by atoms with Crippen molar-refractivity contribution in [3.05, 3.63) is 11.7 Å². The molecule has 3 amide bonds. The van der Waals surface area contributed by atoms with Gasteiger partial charge in [0.2, 0.25) is 11.8 Å². The molecular formula is C11H15N5O5. The van der Waals surface area contributed by atoms with Crippen LogP contribution >= 0.6 is 0 Å². The Hall–Kier alpha value is -2.65. The Morgan fingerprint density at radius 1 is 1.57 bits per heavy atom. The second kappa shape index (κ2) is 6.20. The number of carbonyl (C=O) groups excluding carboxylic acids is 2. The second-order valence-electron chi connectivity index (χ2n) is 4.49. The highest BCUT2D eigenvalue weighted by atomic mass is 16.5. The number of urea groups is 1. The normalized spacial score (nSPS) is 18.2. The van der Waals surface area contributed by atoms with Crippen LogP contribution in [-0.2, 0) is 16.1 Å². The van der Waals surface area contributed by atoms with Gasteiger partial charge in [0, 0.05) is 13.1 Å². The van der Waals surface area contributed by atoms with Crippen LogP contribution in [0, 0.1) is 6.92 Å². The number of nitrogens with zero attached hydrogens (tertiary/aromatic N) is 3.